The zero-order valence-corrected chi connectivity index (χ0v) is 14.9. The predicted octanol–water partition coefficient (Wildman–Crippen LogP) is 0.513. The van der Waals surface area contributed by atoms with Crippen molar-refractivity contribution < 1.29 is 22.7 Å². The van der Waals surface area contributed by atoms with Gasteiger partial charge in [0.05, 0.1) is 29.5 Å². The predicted molar refractivity (Wildman–Crippen MR) is 91.2 cm³/mol. The average Bonchev–Trinajstić information content (AvgIpc) is 3.07. The van der Waals surface area contributed by atoms with E-state index >= 15 is 0 Å². The van der Waals surface area contributed by atoms with Gasteiger partial charge in [-0.05, 0) is 18.2 Å². The summed E-state index contributed by atoms with van der Waals surface area (Å²) in [5.74, 6) is 0.147. The third kappa shape index (κ3) is 3.06. The molecule has 1 amide bonds. The van der Waals surface area contributed by atoms with E-state index in [1.165, 1.54) is 16.4 Å². The Morgan fingerprint density at radius 2 is 2.19 bits per heavy atom. The van der Waals surface area contributed by atoms with Crippen LogP contribution >= 0.6 is 0 Å². The molecule has 0 saturated carbocycles. The zero-order valence-electron chi connectivity index (χ0n) is 14.1. The molecule has 1 N–H and O–H groups in total. The summed E-state index contributed by atoms with van der Waals surface area (Å²) in [6.07, 6.45) is 3.12. The SMILES string of the molecule is Cn1cc([C@H]2CN(S(=O)(=O)c3ccc4c(c3)NC(=O)CO4)CCO2)cn1. The number of nitrogens with one attached hydrogen (secondary N) is 1. The van der Waals surface area contributed by atoms with E-state index in [1.54, 1.807) is 24.0 Å². The Balaban J connectivity index is 1.60. The van der Waals surface area contributed by atoms with Crippen molar-refractivity contribution in [1.82, 2.24) is 14.1 Å². The first-order chi connectivity index (χ1) is 12.4. The molecule has 138 valence electrons. The monoisotopic (exact) mass is 378 g/mol. The van der Waals surface area contributed by atoms with Gasteiger partial charge in [0.1, 0.15) is 5.75 Å². The number of rotatable bonds is 3. The van der Waals surface area contributed by atoms with Crippen LogP contribution in [0.2, 0.25) is 0 Å². The normalized spacial score (nSPS) is 21.0. The molecule has 0 radical (unpaired) electrons. The van der Waals surface area contributed by atoms with Crippen molar-refractivity contribution in [2.75, 3.05) is 31.6 Å². The summed E-state index contributed by atoms with van der Waals surface area (Å²) in [4.78, 5) is 11.6. The Kier molecular flexibility index (Phi) is 4.17. The summed E-state index contributed by atoms with van der Waals surface area (Å²) in [5.41, 5.74) is 1.19. The van der Waals surface area contributed by atoms with Gasteiger partial charge < -0.3 is 14.8 Å². The number of aryl methyl sites for hydroxylation is 1. The van der Waals surface area contributed by atoms with Gasteiger partial charge >= 0.3 is 0 Å². The van der Waals surface area contributed by atoms with Crippen LogP contribution in [0.5, 0.6) is 5.75 Å². The first-order valence-electron chi connectivity index (χ1n) is 8.10. The maximum absolute atomic E-state index is 13.0. The van der Waals surface area contributed by atoms with Crippen LogP contribution in [0.3, 0.4) is 0 Å². The van der Waals surface area contributed by atoms with Crippen LogP contribution < -0.4 is 10.1 Å². The number of anilines is 1. The Morgan fingerprint density at radius 3 is 2.96 bits per heavy atom. The first-order valence-corrected chi connectivity index (χ1v) is 9.54. The molecule has 0 aliphatic carbocycles. The highest BCUT2D eigenvalue weighted by molar-refractivity contribution is 7.89. The summed E-state index contributed by atoms with van der Waals surface area (Å²) in [7, 11) is -1.93. The lowest BCUT2D eigenvalue weighted by molar-refractivity contribution is -0.118. The minimum absolute atomic E-state index is 0.0741. The van der Waals surface area contributed by atoms with Gasteiger partial charge in [0.15, 0.2) is 6.61 Å². The van der Waals surface area contributed by atoms with E-state index in [4.69, 9.17) is 9.47 Å². The number of hydrogen-bond donors (Lipinski definition) is 1. The molecule has 1 fully saturated rings. The second-order valence-corrected chi connectivity index (χ2v) is 8.10. The third-order valence-corrected chi connectivity index (χ3v) is 6.21. The minimum atomic E-state index is -3.73. The highest BCUT2D eigenvalue weighted by Crippen LogP contribution is 2.32. The molecule has 2 aliphatic rings. The lowest BCUT2D eigenvalue weighted by Crippen LogP contribution is -2.42. The number of benzene rings is 1. The van der Waals surface area contributed by atoms with E-state index in [1.807, 2.05) is 6.20 Å². The van der Waals surface area contributed by atoms with Gasteiger partial charge in [-0.2, -0.15) is 9.40 Å². The van der Waals surface area contributed by atoms with Crippen molar-refractivity contribution in [3.05, 3.63) is 36.2 Å². The van der Waals surface area contributed by atoms with E-state index in [0.717, 1.165) is 5.56 Å². The van der Waals surface area contributed by atoms with Gasteiger partial charge in [-0.3, -0.25) is 9.48 Å². The molecule has 2 aromatic rings. The van der Waals surface area contributed by atoms with E-state index in [0.29, 0.717) is 18.0 Å². The molecule has 4 rings (SSSR count). The van der Waals surface area contributed by atoms with Crippen molar-refractivity contribution in [2.45, 2.75) is 11.0 Å². The molecule has 26 heavy (non-hydrogen) atoms. The molecule has 10 heteroatoms. The van der Waals surface area contributed by atoms with Crippen molar-refractivity contribution in [3.63, 3.8) is 0 Å². The van der Waals surface area contributed by atoms with E-state index in [-0.39, 0.29) is 36.6 Å². The second-order valence-electron chi connectivity index (χ2n) is 6.16. The molecule has 0 bridgehead atoms. The fourth-order valence-corrected chi connectivity index (χ4v) is 4.48. The Labute approximate surface area is 150 Å². The number of hydrogen-bond acceptors (Lipinski definition) is 6. The molecule has 1 aromatic carbocycles. The van der Waals surface area contributed by atoms with Crippen molar-refractivity contribution in [1.29, 1.82) is 0 Å². The number of ether oxygens (including phenoxy) is 2. The van der Waals surface area contributed by atoms with Gasteiger partial charge in [-0.25, -0.2) is 8.42 Å². The van der Waals surface area contributed by atoms with Crippen molar-refractivity contribution >= 4 is 21.6 Å². The van der Waals surface area contributed by atoms with Crippen LogP contribution in [0.4, 0.5) is 5.69 Å². The standard InChI is InChI=1S/C16H18N4O5S/c1-19-8-11(7-17-19)15-9-20(4-5-24-15)26(22,23)12-2-3-14-13(6-12)18-16(21)10-25-14/h2-3,6-8,15H,4-5,9-10H2,1H3,(H,18,21)/t15-/m1/s1. The van der Waals surface area contributed by atoms with E-state index in [9.17, 15) is 13.2 Å². The van der Waals surface area contributed by atoms with Crippen LogP contribution in [-0.4, -0.2) is 54.7 Å². The number of carbonyl (C=O) groups is 1. The molecular weight excluding hydrogens is 360 g/mol. The van der Waals surface area contributed by atoms with Crippen LogP contribution in [0.15, 0.2) is 35.5 Å². The van der Waals surface area contributed by atoms with Gasteiger partial charge in [-0.15, -0.1) is 0 Å². The molecule has 0 spiro atoms. The molecule has 1 aromatic heterocycles. The lowest BCUT2D eigenvalue weighted by atomic mass is 10.2. The fraction of sp³-hybridized carbons (Fsp3) is 0.375. The first kappa shape index (κ1) is 17.0. The number of amides is 1. The fourth-order valence-electron chi connectivity index (χ4n) is 3.02. The number of aromatic nitrogens is 2. The maximum Gasteiger partial charge on any atom is 0.262 e. The maximum atomic E-state index is 13.0. The summed E-state index contributed by atoms with van der Waals surface area (Å²) in [5, 5.41) is 6.74. The van der Waals surface area contributed by atoms with Crippen molar-refractivity contribution in [3.8, 4) is 5.75 Å². The van der Waals surface area contributed by atoms with E-state index < -0.39 is 10.0 Å². The largest absolute Gasteiger partial charge is 0.482 e. The number of sulfonamides is 1. The molecule has 2 aliphatic heterocycles. The smallest absolute Gasteiger partial charge is 0.262 e. The van der Waals surface area contributed by atoms with E-state index in [2.05, 4.69) is 10.4 Å². The van der Waals surface area contributed by atoms with Crippen LogP contribution in [0.25, 0.3) is 0 Å². The number of nitrogens with zero attached hydrogens (tertiary/aromatic N) is 3. The second kappa shape index (κ2) is 6.38. The highest BCUT2D eigenvalue weighted by Gasteiger charge is 2.33. The Bertz CT molecular complexity index is 955. The van der Waals surface area contributed by atoms with Crippen LogP contribution in [0.1, 0.15) is 11.7 Å². The van der Waals surface area contributed by atoms with Crippen LogP contribution in [0, 0.1) is 0 Å². The topological polar surface area (TPSA) is 103 Å². The highest BCUT2D eigenvalue weighted by atomic mass is 32.2. The summed E-state index contributed by atoms with van der Waals surface area (Å²) in [6.45, 7) is 0.686. The molecule has 0 unspecified atom stereocenters. The summed E-state index contributed by atoms with van der Waals surface area (Å²) in [6, 6.07) is 4.47. The van der Waals surface area contributed by atoms with Crippen molar-refractivity contribution in [2.24, 2.45) is 7.05 Å². The summed E-state index contributed by atoms with van der Waals surface area (Å²) < 4.78 is 40.1. The zero-order chi connectivity index (χ0) is 18.3. The molecule has 9 nitrogen and oxygen atoms in total. The molecular formula is C16H18N4O5S. The van der Waals surface area contributed by atoms with Gasteiger partial charge in [0, 0.05) is 31.9 Å². The molecule has 3 heterocycles. The lowest BCUT2D eigenvalue weighted by Gasteiger charge is -2.32. The van der Waals surface area contributed by atoms with Gasteiger partial charge in [0.25, 0.3) is 5.91 Å². The van der Waals surface area contributed by atoms with Gasteiger partial charge in [-0.1, -0.05) is 0 Å². The average molecular weight is 378 g/mol. The number of carbonyl (C=O) groups excluding carboxylic acids is 1. The molecule has 1 saturated heterocycles. The Hall–Kier alpha value is -2.43. The summed E-state index contributed by atoms with van der Waals surface area (Å²) >= 11 is 0. The molecule has 1 atom stereocenters. The Morgan fingerprint density at radius 1 is 1.35 bits per heavy atom. The minimum Gasteiger partial charge on any atom is -0.482 e. The van der Waals surface area contributed by atoms with Crippen LogP contribution in [-0.2, 0) is 26.6 Å². The van der Waals surface area contributed by atoms with Gasteiger partial charge in [0.2, 0.25) is 10.0 Å². The third-order valence-electron chi connectivity index (χ3n) is 4.35. The quantitative estimate of drug-likeness (QED) is 0.835. The number of fused-ring (bicyclic) bond motifs is 1. The number of morpholine rings is 1.